The molecule has 2 aliphatic heterocycles. The van der Waals surface area contributed by atoms with Gasteiger partial charge in [0.2, 0.25) is 17.8 Å². The van der Waals surface area contributed by atoms with E-state index in [2.05, 4.69) is 37.6 Å². The first kappa shape index (κ1) is 40.9. The van der Waals surface area contributed by atoms with Gasteiger partial charge in [0, 0.05) is 39.1 Å². The third-order valence-corrected chi connectivity index (χ3v) is 12.3. The summed E-state index contributed by atoms with van der Waals surface area (Å²) in [6.07, 6.45) is 0.224. The molecule has 0 spiro atoms. The van der Waals surface area contributed by atoms with Gasteiger partial charge in [-0.05, 0) is 88.2 Å². The van der Waals surface area contributed by atoms with E-state index in [4.69, 9.17) is 4.74 Å². The average Bonchev–Trinajstić information content (AvgIpc) is 3.69. The molecule has 0 bridgehead atoms. The second kappa shape index (κ2) is 16.0. The molecule has 1 atom stereocenters. The van der Waals surface area contributed by atoms with Gasteiger partial charge < -0.3 is 19.9 Å². The van der Waals surface area contributed by atoms with Gasteiger partial charge in [-0.2, -0.15) is 22.7 Å². The number of imidazole rings is 1. The lowest BCUT2D eigenvalue weighted by Crippen LogP contribution is -2.45. The topological polar surface area (TPSA) is 149 Å². The number of nitrogens with zero attached hydrogens (tertiary/aromatic N) is 7. The van der Waals surface area contributed by atoms with Crippen LogP contribution in [0.3, 0.4) is 0 Å². The van der Waals surface area contributed by atoms with Crippen LogP contribution < -0.4 is 26.0 Å². The summed E-state index contributed by atoms with van der Waals surface area (Å²) < 4.78 is 80.7. The number of nitrogens with one attached hydrogen (secondary N) is 2. The van der Waals surface area contributed by atoms with E-state index in [1.54, 1.807) is 11.6 Å². The summed E-state index contributed by atoms with van der Waals surface area (Å²) in [5, 5.41) is 8.75. The zero-order valence-corrected chi connectivity index (χ0v) is 33.2. The van der Waals surface area contributed by atoms with E-state index >= 15 is 8.78 Å². The number of amides is 3. The smallest absolute Gasteiger partial charge is 0.433 e. The van der Waals surface area contributed by atoms with E-state index in [1.807, 2.05) is 18.2 Å². The second-order valence-electron chi connectivity index (χ2n) is 15.9. The SMILES string of the molecule is COc1c(NC(=O)c2cccc(C(F)(F)F)n2)cc2c(F)n([C@H]3CC[C@H](CN(C)C4CCN(c5cccc6c5n(C)c(=O)n6C5CCC(=O)NC5=O)CC4)CC3)nc2c1F. The molecular formula is C41H44F5N9O5. The number of fused-ring (bicyclic) bond motifs is 2. The number of hydrogen-bond acceptors (Lipinski definition) is 9. The van der Waals surface area contributed by atoms with Crippen LogP contribution >= 0.6 is 0 Å². The number of ether oxygens (including phenoxy) is 1. The minimum absolute atomic E-state index is 0.169. The molecule has 1 saturated carbocycles. The molecule has 5 heterocycles. The number of benzene rings is 2. The van der Waals surface area contributed by atoms with Crippen LogP contribution in [0.15, 0.2) is 47.3 Å². The molecule has 3 amide bonds. The molecule has 2 saturated heterocycles. The lowest BCUT2D eigenvalue weighted by Gasteiger charge is -2.40. The van der Waals surface area contributed by atoms with Crippen LogP contribution in [-0.2, 0) is 22.8 Å². The third-order valence-electron chi connectivity index (χ3n) is 12.3. The van der Waals surface area contributed by atoms with E-state index in [0.29, 0.717) is 36.4 Å². The summed E-state index contributed by atoms with van der Waals surface area (Å²) in [7, 11) is 4.97. The molecule has 14 nitrogen and oxygen atoms in total. The van der Waals surface area contributed by atoms with Crippen LogP contribution in [0.5, 0.6) is 5.75 Å². The van der Waals surface area contributed by atoms with Crippen molar-refractivity contribution in [2.24, 2.45) is 13.0 Å². The molecule has 318 valence electrons. The standard InChI is InChI=1S/C41H44F5N9O5/c1-51(23-16-18-53(19-17-23)28-7-5-8-29-35(28)52(2)40(59)54(29)30-14-15-32(56)49-39(30)58)21-22-10-12-24(13-11-22)55-37(43)25-20-27(36(60-3)33(42)34(25)50-55)48-38(57)26-6-4-9-31(47-26)41(44,45)46/h4-9,20,22-24,30H,10-19,21H2,1-3H3,(H,48,57)(H,49,56,58)/t22-,24-,30?. The molecule has 1 aliphatic carbocycles. The Hall–Kier alpha value is -5.85. The van der Waals surface area contributed by atoms with Gasteiger partial charge in [-0.25, -0.2) is 18.9 Å². The number of piperidine rings is 2. The molecule has 8 rings (SSSR count). The molecule has 3 aromatic heterocycles. The summed E-state index contributed by atoms with van der Waals surface area (Å²) in [4.78, 5) is 58.8. The summed E-state index contributed by atoms with van der Waals surface area (Å²) in [5.74, 6) is -3.80. The van der Waals surface area contributed by atoms with Crippen molar-refractivity contribution in [2.75, 3.05) is 44.0 Å². The first-order valence-corrected chi connectivity index (χ1v) is 19.9. The minimum Gasteiger partial charge on any atom is -0.491 e. The maximum absolute atomic E-state index is 16.0. The predicted octanol–water partition coefficient (Wildman–Crippen LogP) is 5.95. The molecule has 3 fully saturated rings. The average molecular weight is 838 g/mol. The van der Waals surface area contributed by atoms with Crippen molar-refractivity contribution < 1.29 is 41.1 Å². The fraction of sp³-hybridized carbons (Fsp3) is 0.463. The molecule has 2 aromatic carbocycles. The Morgan fingerprint density at radius 3 is 2.40 bits per heavy atom. The number of alkyl halides is 3. The number of pyridine rings is 1. The molecular weight excluding hydrogens is 793 g/mol. The fourth-order valence-corrected chi connectivity index (χ4v) is 9.17. The number of aryl methyl sites for hydroxylation is 1. The Morgan fingerprint density at radius 2 is 1.72 bits per heavy atom. The minimum atomic E-state index is -4.79. The van der Waals surface area contributed by atoms with Gasteiger partial charge in [-0.1, -0.05) is 12.1 Å². The van der Waals surface area contributed by atoms with Crippen LogP contribution in [-0.4, -0.2) is 86.4 Å². The Bertz CT molecular complexity index is 2550. The molecule has 2 N–H and O–H groups in total. The molecule has 19 heteroatoms. The van der Waals surface area contributed by atoms with E-state index in [-0.39, 0.29) is 47.1 Å². The monoisotopic (exact) mass is 837 g/mol. The number of methoxy groups -OCH3 is 1. The lowest BCUT2D eigenvalue weighted by molar-refractivity contribution is -0.141. The lowest BCUT2D eigenvalue weighted by atomic mass is 9.85. The summed E-state index contributed by atoms with van der Waals surface area (Å²) in [5.41, 5.74) is -0.407. The number of para-hydroxylation sites is 1. The Morgan fingerprint density at radius 1 is 1.00 bits per heavy atom. The summed E-state index contributed by atoms with van der Waals surface area (Å²) in [6.45, 7) is 2.37. The molecule has 0 radical (unpaired) electrons. The number of carbonyl (C=O) groups is 3. The fourth-order valence-electron chi connectivity index (χ4n) is 9.17. The predicted molar refractivity (Wildman–Crippen MR) is 211 cm³/mol. The highest BCUT2D eigenvalue weighted by molar-refractivity contribution is 6.05. The maximum atomic E-state index is 16.0. The van der Waals surface area contributed by atoms with Gasteiger partial charge >= 0.3 is 11.9 Å². The maximum Gasteiger partial charge on any atom is 0.433 e. The Kier molecular flexibility index (Phi) is 10.9. The highest BCUT2D eigenvalue weighted by atomic mass is 19.4. The van der Waals surface area contributed by atoms with Crippen LogP contribution in [0.1, 0.15) is 79.6 Å². The first-order chi connectivity index (χ1) is 28.6. The number of halogens is 5. The molecule has 60 heavy (non-hydrogen) atoms. The van der Waals surface area contributed by atoms with Gasteiger partial charge in [0.1, 0.15) is 22.9 Å². The van der Waals surface area contributed by atoms with Crippen molar-refractivity contribution in [2.45, 2.75) is 75.7 Å². The number of anilines is 2. The molecule has 5 aromatic rings. The largest absolute Gasteiger partial charge is 0.491 e. The first-order valence-electron chi connectivity index (χ1n) is 19.9. The number of hydrogen-bond donors (Lipinski definition) is 2. The van der Waals surface area contributed by atoms with Crippen molar-refractivity contribution in [1.29, 1.82) is 0 Å². The molecule has 1 unspecified atom stereocenters. The summed E-state index contributed by atoms with van der Waals surface area (Å²) >= 11 is 0. The summed E-state index contributed by atoms with van der Waals surface area (Å²) in [6, 6.07) is 8.91. The number of rotatable bonds is 9. The molecule has 3 aliphatic rings. The van der Waals surface area contributed by atoms with Gasteiger partial charge in [0.05, 0.1) is 40.9 Å². The second-order valence-corrected chi connectivity index (χ2v) is 15.9. The zero-order valence-electron chi connectivity index (χ0n) is 33.2. The van der Waals surface area contributed by atoms with Gasteiger partial charge in [-0.15, -0.1) is 0 Å². The van der Waals surface area contributed by atoms with Crippen LogP contribution in [0, 0.1) is 17.7 Å². The van der Waals surface area contributed by atoms with E-state index in [1.165, 1.54) is 9.25 Å². The van der Waals surface area contributed by atoms with Crippen molar-refractivity contribution in [3.63, 3.8) is 0 Å². The van der Waals surface area contributed by atoms with Gasteiger partial charge in [-0.3, -0.25) is 28.8 Å². The zero-order chi connectivity index (χ0) is 42.6. The normalized spacial score (nSPS) is 20.6. The van der Waals surface area contributed by atoms with Crippen molar-refractivity contribution in [3.8, 4) is 5.75 Å². The number of imide groups is 1. The van der Waals surface area contributed by atoms with Crippen molar-refractivity contribution in [3.05, 3.63) is 76.1 Å². The highest BCUT2D eigenvalue weighted by Gasteiger charge is 2.35. The third kappa shape index (κ3) is 7.47. The quantitative estimate of drug-likeness (QED) is 0.136. The van der Waals surface area contributed by atoms with Crippen molar-refractivity contribution in [1.82, 2.24) is 34.1 Å². The van der Waals surface area contributed by atoms with Gasteiger partial charge in [0.25, 0.3) is 5.91 Å². The van der Waals surface area contributed by atoms with Crippen LogP contribution in [0.2, 0.25) is 0 Å². The highest BCUT2D eigenvalue weighted by Crippen LogP contribution is 2.40. The number of aromatic nitrogens is 5. The van der Waals surface area contributed by atoms with Crippen LogP contribution in [0.25, 0.3) is 21.9 Å². The van der Waals surface area contributed by atoms with Gasteiger partial charge in [0.15, 0.2) is 11.6 Å². The Balaban J connectivity index is 0.894. The number of carbonyl (C=O) groups excluding carboxylic acids is 3. The van der Waals surface area contributed by atoms with Crippen LogP contribution in [0.4, 0.5) is 33.3 Å². The van der Waals surface area contributed by atoms with E-state index < -0.39 is 52.9 Å². The Labute approximate surface area is 340 Å². The van der Waals surface area contributed by atoms with E-state index in [0.717, 1.165) is 81.8 Å². The van der Waals surface area contributed by atoms with Crippen molar-refractivity contribution >= 4 is 51.0 Å². The van der Waals surface area contributed by atoms with E-state index in [9.17, 15) is 32.3 Å².